The Morgan fingerprint density at radius 1 is 1.14 bits per heavy atom. The highest BCUT2D eigenvalue weighted by atomic mass is 16.5. The Morgan fingerprint density at radius 2 is 1.90 bits per heavy atom. The minimum absolute atomic E-state index is 0.106. The number of rotatable bonds is 4. The standard InChI is InChI=1S/C23H23N3O3/c1-15-7-3-5-9-18(15)21-22(29-14-20(27)26(21)2)23(28)24-13-17-12-11-16-8-4-6-10-19(16)25-17/h3-12,21-22H,13-14H2,1-2H3,(H,24,28)/t21-,22+/m1/s1. The van der Waals surface area contributed by atoms with Crippen molar-refractivity contribution < 1.29 is 14.3 Å². The molecule has 1 fully saturated rings. The number of aryl methyl sites for hydroxylation is 1. The second kappa shape index (κ2) is 8.01. The van der Waals surface area contributed by atoms with Crippen molar-refractivity contribution in [1.29, 1.82) is 0 Å². The van der Waals surface area contributed by atoms with Gasteiger partial charge in [0.05, 0.1) is 23.8 Å². The van der Waals surface area contributed by atoms with E-state index >= 15 is 0 Å². The van der Waals surface area contributed by atoms with E-state index < -0.39 is 12.1 Å². The van der Waals surface area contributed by atoms with Crippen molar-refractivity contribution in [3.8, 4) is 0 Å². The molecule has 1 N–H and O–H groups in total. The first-order valence-electron chi connectivity index (χ1n) is 9.60. The van der Waals surface area contributed by atoms with Gasteiger partial charge < -0.3 is 15.0 Å². The molecule has 29 heavy (non-hydrogen) atoms. The number of ether oxygens (including phenoxy) is 1. The van der Waals surface area contributed by atoms with E-state index in [1.807, 2.05) is 67.6 Å². The van der Waals surface area contributed by atoms with Crippen LogP contribution in [0.3, 0.4) is 0 Å². The van der Waals surface area contributed by atoms with Gasteiger partial charge in [-0.2, -0.15) is 0 Å². The molecule has 1 saturated heterocycles. The third kappa shape index (κ3) is 3.84. The lowest BCUT2D eigenvalue weighted by molar-refractivity contribution is -0.162. The molecule has 1 aromatic heterocycles. The normalized spacial score (nSPS) is 19.4. The van der Waals surface area contributed by atoms with Gasteiger partial charge in [0.25, 0.3) is 5.91 Å². The van der Waals surface area contributed by atoms with E-state index in [-0.39, 0.29) is 18.4 Å². The van der Waals surface area contributed by atoms with Crippen molar-refractivity contribution in [2.75, 3.05) is 13.7 Å². The summed E-state index contributed by atoms with van der Waals surface area (Å²) < 4.78 is 5.68. The molecule has 6 heteroatoms. The molecule has 0 radical (unpaired) electrons. The lowest BCUT2D eigenvalue weighted by Crippen LogP contribution is -2.53. The minimum atomic E-state index is -0.778. The molecular formula is C23H23N3O3. The molecule has 2 aromatic carbocycles. The van der Waals surface area contributed by atoms with E-state index in [4.69, 9.17) is 4.74 Å². The fourth-order valence-corrected chi connectivity index (χ4v) is 3.71. The Bertz CT molecular complexity index is 1070. The van der Waals surface area contributed by atoms with Gasteiger partial charge in [0, 0.05) is 12.4 Å². The molecule has 3 aromatic rings. The van der Waals surface area contributed by atoms with Gasteiger partial charge in [0.2, 0.25) is 5.91 Å². The maximum atomic E-state index is 13.0. The largest absolute Gasteiger partial charge is 0.356 e. The van der Waals surface area contributed by atoms with Crippen molar-refractivity contribution in [3.05, 3.63) is 77.5 Å². The number of hydrogen-bond donors (Lipinski definition) is 1. The van der Waals surface area contributed by atoms with E-state index in [9.17, 15) is 9.59 Å². The molecule has 6 nitrogen and oxygen atoms in total. The summed E-state index contributed by atoms with van der Waals surface area (Å²) in [5, 5.41) is 3.98. The second-order valence-corrected chi connectivity index (χ2v) is 7.25. The van der Waals surface area contributed by atoms with Gasteiger partial charge in [-0.25, -0.2) is 0 Å². The first-order chi connectivity index (χ1) is 14.0. The number of nitrogens with one attached hydrogen (secondary N) is 1. The Hall–Kier alpha value is -3.25. The van der Waals surface area contributed by atoms with E-state index in [2.05, 4.69) is 10.3 Å². The third-order valence-corrected chi connectivity index (χ3v) is 5.35. The average molecular weight is 389 g/mol. The predicted octanol–water partition coefficient (Wildman–Crippen LogP) is 2.76. The van der Waals surface area contributed by atoms with Crippen molar-refractivity contribution >= 4 is 22.7 Å². The summed E-state index contributed by atoms with van der Waals surface area (Å²) in [6.45, 7) is 2.16. The van der Waals surface area contributed by atoms with Crippen LogP contribution < -0.4 is 5.32 Å². The summed E-state index contributed by atoms with van der Waals surface area (Å²) >= 11 is 0. The first kappa shape index (κ1) is 19.1. The molecule has 2 atom stereocenters. The van der Waals surface area contributed by atoms with E-state index in [0.29, 0.717) is 6.54 Å². The molecule has 1 aliphatic heterocycles. The monoisotopic (exact) mass is 389 g/mol. The van der Waals surface area contributed by atoms with Crippen molar-refractivity contribution in [2.24, 2.45) is 0 Å². The summed E-state index contributed by atoms with van der Waals surface area (Å²) in [6.07, 6.45) is -0.778. The molecule has 0 aliphatic carbocycles. The number of carbonyl (C=O) groups excluding carboxylic acids is 2. The fourth-order valence-electron chi connectivity index (χ4n) is 3.71. The maximum Gasteiger partial charge on any atom is 0.252 e. The SMILES string of the molecule is Cc1ccccc1[C@@H]1[C@@H](C(=O)NCc2ccc3ccccc3n2)OCC(=O)N1C. The number of amides is 2. The van der Waals surface area contributed by atoms with Crippen molar-refractivity contribution in [1.82, 2.24) is 15.2 Å². The summed E-state index contributed by atoms with van der Waals surface area (Å²) in [4.78, 5) is 31.4. The summed E-state index contributed by atoms with van der Waals surface area (Å²) in [6, 6.07) is 19.0. The number of hydrogen-bond acceptors (Lipinski definition) is 4. The third-order valence-electron chi connectivity index (χ3n) is 5.35. The number of likely N-dealkylation sites (N-methyl/N-ethyl adjacent to an activating group) is 1. The molecule has 1 aliphatic rings. The van der Waals surface area contributed by atoms with Crippen LogP contribution in [0.15, 0.2) is 60.7 Å². The van der Waals surface area contributed by atoms with Crippen LogP contribution in [0.1, 0.15) is 22.9 Å². The van der Waals surface area contributed by atoms with Crippen LogP contribution in [0.4, 0.5) is 0 Å². The number of aromatic nitrogens is 1. The van der Waals surface area contributed by atoms with Gasteiger partial charge in [-0.05, 0) is 30.2 Å². The number of morpholine rings is 1. The van der Waals surface area contributed by atoms with Crippen LogP contribution in [0, 0.1) is 6.92 Å². The van der Waals surface area contributed by atoms with Gasteiger partial charge in [-0.1, -0.05) is 48.5 Å². The lowest BCUT2D eigenvalue weighted by atomic mass is 9.94. The summed E-state index contributed by atoms with van der Waals surface area (Å²) in [5.74, 6) is -0.397. The molecular weight excluding hydrogens is 366 g/mol. The number of nitrogens with zero attached hydrogens (tertiary/aromatic N) is 2. The van der Waals surface area contributed by atoms with E-state index in [1.54, 1.807) is 11.9 Å². The van der Waals surface area contributed by atoms with Crippen LogP contribution in [-0.4, -0.2) is 41.5 Å². The Balaban J connectivity index is 1.53. The van der Waals surface area contributed by atoms with Crippen LogP contribution in [0.25, 0.3) is 10.9 Å². The highest BCUT2D eigenvalue weighted by Crippen LogP contribution is 2.31. The molecule has 2 heterocycles. The van der Waals surface area contributed by atoms with Gasteiger partial charge >= 0.3 is 0 Å². The van der Waals surface area contributed by atoms with Crippen LogP contribution in [0.5, 0.6) is 0 Å². The minimum Gasteiger partial charge on any atom is -0.356 e. The molecule has 4 rings (SSSR count). The van der Waals surface area contributed by atoms with Gasteiger partial charge in [0.15, 0.2) is 6.10 Å². The Morgan fingerprint density at radius 3 is 2.72 bits per heavy atom. The molecule has 0 spiro atoms. The topological polar surface area (TPSA) is 71.5 Å². The average Bonchev–Trinajstić information content (AvgIpc) is 2.74. The molecule has 2 amide bonds. The zero-order valence-electron chi connectivity index (χ0n) is 16.5. The highest BCUT2D eigenvalue weighted by Gasteiger charge is 2.40. The number of para-hydroxylation sites is 1. The second-order valence-electron chi connectivity index (χ2n) is 7.25. The number of fused-ring (bicyclic) bond motifs is 1. The van der Waals surface area contributed by atoms with Crippen molar-refractivity contribution in [3.63, 3.8) is 0 Å². The zero-order valence-corrected chi connectivity index (χ0v) is 16.5. The number of benzene rings is 2. The van der Waals surface area contributed by atoms with E-state index in [1.165, 1.54) is 0 Å². The molecule has 0 saturated carbocycles. The van der Waals surface area contributed by atoms with Crippen LogP contribution >= 0.6 is 0 Å². The fraction of sp³-hybridized carbons (Fsp3) is 0.261. The highest BCUT2D eigenvalue weighted by molar-refractivity contribution is 5.86. The zero-order chi connectivity index (χ0) is 20.4. The smallest absolute Gasteiger partial charge is 0.252 e. The Labute approximate surface area is 169 Å². The number of carbonyl (C=O) groups is 2. The molecule has 148 valence electrons. The van der Waals surface area contributed by atoms with Crippen molar-refractivity contribution in [2.45, 2.75) is 25.6 Å². The predicted molar refractivity (Wildman–Crippen MR) is 110 cm³/mol. The van der Waals surface area contributed by atoms with Crippen LogP contribution in [-0.2, 0) is 20.9 Å². The van der Waals surface area contributed by atoms with Crippen LogP contribution in [0.2, 0.25) is 0 Å². The van der Waals surface area contributed by atoms with Gasteiger partial charge in [0.1, 0.15) is 6.61 Å². The van der Waals surface area contributed by atoms with E-state index in [0.717, 1.165) is 27.7 Å². The van der Waals surface area contributed by atoms with Gasteiger partial charge in [-0.15, -0.1) is 0 Å². The number of pyridine rings is 1. The lowest BCUT2D eigenvalue weighted by Gasteiger charge is -2.38. The summed E-state index contributed by atoms with van der Waals surface area (Å²) in [7, 11) is 1.72. The molecule has 0 bridgehead atoms. The van der Waals surface area contributed by atoms with Gasteiger partial charge in [-0.3, -0.25) is 14.6 Å². The molecule has 0 unspecified atom stereocenters. The summed E-state index contributed by atoms with van der Waals surface area (Å²) in [5.41, 5.74) is 3.57. The first-order valence-corrected chi connectivity index (χ1v) is 9.60. The quantitative estimate of drug-likeness (QED) is 0.745. The Kier molecular flexibility index (Phi) is 5.27. The maximum absolute atomic E-state index is 13.0.